The van der Waals surface area contributed by atoms with E-state index in [0.29, 0.717) is 31.3 Å². The van der Waals surface area contributed by atoms with Gasteiger partial charge in [0.1, 0.15) is 35.5 Å². The number of imidazole rings is 1. The number of hydrogen-bond acceptors (Lipinski definition) is 6. The second-order valence-electron chi connectivity index (χ2n) is 10.1. The molecule has 5 rings (SSSR count). The van der Waals surface area contributed by atoms with E-state index >= 15 is 0 Å². The van der Waals surface area contributed by atoms with Crippen LogP contribution in [0, 0.1) is 6.92 Å². The number of aryl methyl sites for hydroxylation is 1. The van der Waals surface area contributed by atoms with Gasteiger partial charge in [-0.15, -0.1) is 0 Å². The minimum atomic E-state index is 0.210. The number of Topliss-reactive ketones (excluding diaryl/α,β-unsaturated/α-hetero) is 1. The lowest BCUT2D eigenvalue weighted by molar-refractivity contribution is -0.120. The van der Waals surface area contributed by atoms with E-state index in [1.807, 2.05) is 11.6 Å². The number of ketones is 1. The van der Waals surface area contributed by atoms with Crippen LogP contribution in [0.4, 0.5) is 0 Å². The highest BCUT2D eigenvalue weighted by Gasteiger charge is 2.26. The van der Waals surface area contributed by atoms with Crippen molar-refractivity contribution >= 4 is 5.78 Å². The van der Waals surface area contributed by atoms with Crippen molar-refractivity contribution in [3.63, 3.8) is 0 Å². The fourth-order valence-electron chi connectivity index (χ4n) is 5.26. The molecule has 2 aliphatic heterocycles. The molecule has 186 valence electrons. The van der Waals surface area contributed by atoms with Gasteiger partial charge >= 0.3 is 0 Å². The molecule has 0 N–H and O–H groups in total. The lowest BCUT2D eigenvalue weighted by Gasteiger charge is -2.32. The van der Waals surface area contributed by atoms with Crippen molar-refractivity contribution in [1.82, 2.24) is 29.2 Å². The summed E-state index contributed by atoms with van der Waals surface area (Å²) in [6.45, 7) is 12.1. The van der Waals surface area contributed by atoms with Crippen molar-refractivity contribution in [2.24, 2.45) is 0 Å². The SMILES string of the molecule is CCCC(=O)CN1CCC(c2ccc3c(c2)OCCn2cc(-c4nc(C)nn4C(C)C)nc2-3)CC1. The highest BCUT2D eigenvalue weighted by Crippen LogP contribution is 2.38. The number of carbonyl (C=O) groups is 1. The van der Waals surface area contributed by atoms with Gasteiger partial charge in [-0.1, -0.05) is 13.0 Å². The first-order chi connectivity index (χ1) is 16.9. The van der Waals surface area contributed by atoms with Crippen LogP contribution in [-0.4, -0.2) is 61.2 Å². The molecule has 1 saturated heterocycles. The Balaban J connectivity index is 1.36. The third-order valence-corrected chi connectivity index (χ3v) is 7.06. The summed E-state index contributed by atoms with van der Waals surface area (Å²) in [7, 11) is 0. The lowest BCUT2D eigenvalue weighted by atomic mass is 9.88. The largest absolute Gasteiger partial charge is 0.491 e. The Labute approximate surface area is 207 Å². The van der Waals surface area contributed by atoms with Gasteiger partial charge in [0.2, 0.25) is 0 Å². The Kier molecular flexibility index (Phi) is 6.73. The molecule has 8 heteroatoms. The van der Waals surface area contributed by atoms with Crippen molar-refractivity contribution in [3.8, 4) is 28.7 Å². The van der Waals surface area contributed by atoms with E-state index in [2.05, 4.69) is 64.7 Å². The summed E-state index contributed by atoms with van der Waals surface area (Å²) >= 11 is 0. The molecule has 0 bridgehead atoms. The molecule has 35 heavy (non-hydrogen) atoms. The molecule has 4 heterocycles. The van der Waals surface area contributed by atoms with Crippen LogP contribution in [0.1, 0.15) is 69.8 Å². The first-order valence-electron chi connectivity index (χ1n) is 12.9. The Morgan fingerprint density at radius 2 is 1.94 bits per heavy atom. The summed E-state index contributed by atoms with van der Waals surface area (Å²) in [5.41, 5.74) is 3.18. The van der Waals surface area contributed by atoms with E-state index in [0.717, 1.165) is 73.4 Å². The van der Waals surface area contributed by atoms with Gasteiger partial charge in [0.05, 0.1) is 18.7 Å². The molecular weight excluding hydrogens is 440 g/mol. The van der Waals surface area contributed by atoms with Gasteiger partial charge < -0.3 is 9.30 Å². The van der Waals surface area contributed by atoms with Crippen molar-refractivity contribution < 1.29 is 9.53 Å². The number of fused-ring (bicyclic) bond motifs is 3. The predicted octanol–water partition coefficient (Wildman–Crippen LogP) is 4.64. The minimum absolute atomic E-state index is 0.210. The molecule has 0 unspecified atom stereocenters. The summed E-state index contributed by atoms with van der Waals surface area (Å²) in [5, 5.41) is 4.56. The molecule has 0 saturated carbocycles. The summed E-state index contributed by atoms with van der Waals surface area (Å²) in [4.78, 5) is 24.0. The molecule has 0 aliphatic carbocycles. The third kappa shape index (κ3) is 4.89. The van der Waals surface area contributed by atoms with Gasteiger partial charge in [-0.3, -0.25) is 9.69 Å². The van der Waals surface area contributed by atoms with Crippen LogP contribution in [0.25, 0.3) is 22.9 Å². The smallest absolute Gasteiger partial charge is 0.178 e. The Hall–Kier alpha value is -3.00. The normalized spacial score (nSPS) is 16.6. The molecule has 0 radical (unpaired) electrons. The highest BCUT2D eigenvalue weighted by atomic mass is 16.5. The third-order valence-electron chi connectivity index (χ3n) is 7.06. The van der Waals surface area contributed by atoms with Crippen molar-refractivity contribution in [3.05, 3.63) is 35.8 Å². The Morgan fingerprint density at radius 1 is 1.14 bits per heavy atom. The van der Waals surface area contributed by atoms with Gasteiger partial charge in [-0.2, -0.15) is 5.10 Å². The average molecular weight is 477 g/mol. The predicted molar refractivity (Wildman–Crippen MR) is 136 cm³/mol. The summed E-state index contributed by atoms with van der Waals surface area (Å²) in [5.74, 6) is 4.24. The van der Waals surface area contributed by atoms with Crippen LogP contribution in [0.3, 0.4) is 0 Å². The zero-order valence-corrected chi connectivity index (χ0v) is 21.3. The number of carbonyl (C=O) groups excluding carboxylic acids is 1. The maximum Gasteiger partial charge on any atom is 0.178 e. The zero-order valence-electron chi connectivity index (χ0n) is 21.3. The number of nitrogens with zero attached hydrogens (tertiary/aromatic N) is 6. The zero-order chi connectivity index (χ0) is 24.5. The summed E-state index contributed by atoms with van der Waals surface area (Å²) in [6.07, 6.45) is 5.83. The Bertz CT molecular complexity index is 1200. The van der Waals surface area contributed by atoms with Crippen LogP contribution < -0.4 is 4.74 Å². The van der Waals surface area contributed by atoms with Crippen molar-refractivity contribution in [1.29, 1.82) is 0 Å². The number of hydrogen-bond donors (Lipinski definition) is 0. The van der Waals surface area contributed by atoms with Crippen LogP contribution in [0.2, 0.25) is 0 Å². The summed E-state index contributed by atoms with van der Waals surface area (Å²) < 4.78 is 10.3. The molecule has 0 atom stereocenters. The maximum absolute atomic E-state index is 12.0. The van der Waals surface area contributed by atoms with Crippen LogP contribution >= 0.6 is 0 Å². The standard InChI is InChI=1S/C27H36N6O2/c1-5-6-22(34)16-31-11-9-20(10-12-31)21-7-8-23-25(15-21)35-14-13-32-17-24(29-26(23)32)27-28-19(4)30-33(27)18(2)3/h7-8,15,17-18,20H,5-6,9-14,16H2,1-4H3. The Morgan fingerprint density at radius 3 is 2.69 bits per heavy atom. The number of benzene rings is 1. The average Bonchev–Trinajstić information content (AvgIpc) is 3.39. The monoisotopic (exact) mass is 476 g/mol. The number of ether oxygens (including phenoxy) is 1. The number of piperidine rings is 1. The van der Waals surface area contributed by atoms with E-state index in [1.165, 1.54) is 5.56 Å². The number of rotatable bonds is 7. The fourth-order valence-corrected chi connectivity index (χ4v) is 5.26. The van der Waals surface area contributed by atoms with Crippen molar-refractivity contribution in [2.45, 2.75) is 71.9 Å². The maximum atomic E-state index is 12.0. The van der Waals surface area contributed by atoms with E-state index < -0.39 is 0 Å². The second-order valence-corrected chi connectivity index (χ2v) is 10.1. The molecule has 0 spiro atoms. The highest BCUT2D eigenvalue weighted by molar-refractivity contribution is 5.80. The van der Waals surface area contributed by atoms with Gasteiger partial charge in [0.15, 0.2) is 5.82 Å². The molecule has 1 fully saturated rings. The number of likely N-dealkylation sites (tertiary alicyclic amines) is 1. The van der Waals surface area contributed by atoms with E-state index in [9.17, 15) is 4.79 Å². The quantitative estimate of drug-likeness (QED) is 0.494. The van der Waals surface area contributed by atoms with E-state index in [1.54, 1.807) is 0 Å². The molecular formula is C27H36N6O2. The number of aromatic nitrogens is 5. The van der Waals surface area contributed by atoms with Gasteiger partial charge in [0, 0.05) is 18.7 Å². The molecule has 2 aliphatic rings. The topological polar surface area (TPSA) is 78.1 Å². The molecule has 2 aromatic heterocycles. The molecule has 1 aromatic carbocycles. The first-order valence-corrected chi connectivity index (χ1v) is 12.9. The summed E-state index contributed by atoms with van der Waals surface area (Å²) in [6, 6.07) is 6.81. The fraction of sp³-hybridized carbons (Fsp3) is 0.556. The minimum Gasteiger partial charge on any atom is -0.491 e. The first kappa shape index (κ1) is 23.7. The van der Waals surface area contributed by atoms with E-state index in [-0.39, 0.29) is 6.04 Å². The lowest BCUT2D eigenvalue weighted by Crippen LogP contribution is -2.36. The van der Waals surface area contributed by atoms with Gasteiger partial charge in [-0.25, -0.2) is 14.6 Å². The van der Waals surface area contributed by atoms with Crippen LogP contribution in [0.5, 0.6) is 5.75 Å². The van der Waals surface area contributed by atoms with Gasteiger partial charge in [-0.05, 0) is 76.7 Å². The van der Waals surface area contributed by atoms with Crippen LogP contribution in [0.15, 0.2) is 24.4 Å². The molecule has 8 nitrogen and oxygen atoms in total. The second kappa shape index (κ2) is 9.93. The van der Waals surface area contributed by atoms with Gasteiger partial charge in [0.25, 0.3) is 0 Å². The van der Waals surface area contributed by atoms with E-state index in [4.69, 9.17) is 9.72 Å². The van der Waals surface area contributed by atoms with Crippen molar-refractivity contribution in [2.75, 3.05) is 26.2 Å². The molecule has 3 aromatic rings. The van der Waals surface area contributed by atoms with Crippen LogP contribution in [-0.2, 0) is 11.3 Å². The molecule has 0 amide bonds.